The van der Waals surface area contributed by atoms with Gasteiger partial charge in [-0.2, -0.15) is 0 Å². The normalized spacial score (nSPS) is 21.2. The zero-order valence-corrected chi connectivity index (χ0v) is 87.2. The van der Waals surface area contributed by atoms with E-state index in [0.717, 1.165) is 196 Å². The molecule has 139 heavy (non-hydrogen) atoms. The number of pyridine rings is 4. The van der Waals surface area contributed by atoms with Crippen LogP contribution in [-0.4, -0.2) is 249 Å². The second-order valence-corrected chi connectivity index (χ2v) is 47.8. The molecular weight excluding hydrogens is 1840 g/mol. The predicted octanol–water partition coefficient (Wildman–Crippen LogP) is 16.4. The van der Waals surface area contributed by atoms with Gasteiger partial charge in [-0.25, -0.2) is 39.9 Å². The van der Waals surface area contributed by atoms with E-state index in [1.165, 1.54) is 71.0 Å². The molecule has 2 atom stereocenters. The van der Waals surface area contributed by atoms with Crippen molar-refractivity contribution in [2.75, 3.05) is 54.0 Å². The summed E-state index contributed by atoms with van der Waals surface area (Å²) in [5.41, 5.74) is 4.44. The van der Waals surface area contributed by atoms with Crippen molar-refractivity contribution < 1.29 is 58.8 Å². The fourth-order valence-electron chi connectivity index (χ4n) is 20.4. The first kappa shape index (κ1) is 103. The number of rotatable bonds is 30. The van der Waals surface area contributed by atoms with Crippen LogP contribution < -0.4 is 42.5 Å². The van der Waals surface area contributed by atoms with Crippen molar-refractivity contribution >= 4 is 116 Å². The SMILES string of the molecule is CC[C@@H](C)Nc1cc(C)c(-c2sc(C(=O)NCC(C)(C)O)nc2C(=O)N2C3CCC2CC3)cn1.Cc1cc(NC2CCCC2)ncc1-c1sc(C(=O)NCC(C)(C)O)nc1C(=O)N1C2CCC1CC2.Cc1cc(NCC(C)(C)C)ncc1-c1sc(C(=O)NCC(C)(C)O)nc1C(=O)N1C2CCC1CC2.Cc1cc(N[C@@H](C)C2CC2)ncc1-c1sc(C(=O)NCC(C)(C)O)nc1C(=O)N1C2CCC1CC2. The molecule has 0 radical (unpaired) electrons. The maximum Gasteiger partial charge on any atom is 0.280 e. The summed E-state index contributed by atoms with van der Waals surface area (Å²) in [6.07, 6.45) is 32.0. The standard InChI is InChI=1S/2C26H35N5O3S.C26H37N5O3S.C25H35N5O3S/c1-14-11-20(29-15(2)16-5-6-16)27-12-19(14)22-21(25(33)31-17-7-8-18(31)10-9-17)30-24(35-22)23(32)28-13-26(3,4)34;1-15-12-20(29-16-6-4-5-7-16)27-13-19(15)22-21(25(33)31-17-8-9-18(31)11-10-17)30-24(35-22)23(32)28-14-26(2,3)34;1-15-11-19(28-13-25(2,3)4)27-12-18(15)21-20(24(33)31-16-7-8-17(31)10-9-16)30-23(35-21)22(32)29-14-26(5,6)34;1-6-15(3)28-19-11-14(2)18(12-26-19)21-20(24(32)30-16-7-8-17(30)10-9-16)29-23(34-21)22(31)27-13-25(4,5)33/h11-12,15-18,34H,5-10,13H2,1-4H3,(H,27,29)(H,28,32);12-13,16-18,34H,4-11,14H2,1-3H3,(H,27,29)(H,28,32);11-12,16-17,34H,7-10,13-14H2,1-6H3,(H,27,28)(H,29,32);11-12,15-17,33H,6-10,13H2,1-5H3,(H,26,28)(H,27,31)/t15-,17?,18?;;;15-,16?,17?/m0..1/s1. The Morgan fingerprint density at radius 1 is 0.360 bits per heavy atom. The third-order valence-corrected chi connectivity index (χ3v) is 32.6. The molecule has 36 heteroatoms. The Hall–Kier alpha value is -10.1. The highest BCUT2D eigenvalue weighted by atomic mass is 32.1. The lowest BCUT2D eigenvalue weighted by Gasteiger charge is -2.22. The molecule has 2 aliphatic carbocycles. The number of nitrogens with one attached hydrogen (secondary N) is 8. The van der Waals surface area contributed by atoms with Crippen molar-refractivity contribution in [3.8, 4) is 41.8 Å². The molecule has 0 unspecified atom stereocenters. The Kier molecular flexibility index (Phi) is 31.7. The van der Waals surface area contributed by atoms with Crippen LogP contribution in [0.1, 0.15) is 348 Å². The highest BCUT2D eigenvalue weighted by Gasteiger charge is 2.49. The first-order chi connectivity index (χ1) is 65.7. The van der Waals surface area contributed by atoms with Crippen LogP contribution >= 0.6 is 45.3 Å². The van der Waals surface area contributed by atoms with Crippen LogP contribution in [0.5, 0.6) is 0 Å². The number of hydrogen-bond acceptors (Lipinski definition) is 28. The molecule has 8 bridgehead atoms. The number of thiazole rings is 4. The molecule has 18 rings (SSSR count). The average molecular weight is 1980 g/mol. The number of fused-ring (bicyclic) bond motifs is 8. The van der Waals surface area contributed by atoms with Gasteiger partial charge >= 0.3 is 0 Å². The molecule has 32 nitrogen and oxygen atoms in total. The number of aryl methyl sites for hydroxylation is 4. The topological polar surface area (TPSA) is 430 Å². The van der Waals surface area contributed by atoms with E-state index in [0.29, 0.717) is 66.3 Å². The minimum atomic E-state index is -1.04. The summed E-state index contributed by atoms with van der Waals surface area (Å²) in [6, 6.07) is 11.3. The number of carbonyl (C=O) groups excluding carboxylic acids is 8. The first-order valence-corrected chi connectivity index (χ1v) is 53.2. The summed E-state index contributed by atoms with van der Waals surface area (Å²) in [5, 5.41) is 65.6. The molecule has 0 spiro atoms. The molecular formula is C103H142N20O12S4. The highest BCUT2D eigenvalue weighted by molar-refractivity contribution is 7.18. The Morgan fingerprint density at radius 2 is 0.612 bits per heavy atom. The van der Waals surface area contributed by atoms with E-state index < -0.39 is 34.2 Å². The van der Waals surface area contributed by atoms with Gasteiger partial charge in [0, 0.05) is 146 Å². The number of aromatic nitrogens is 8. The van der Waals surface area contributed by atoms with Crippen molar-refractivity contribution in [3.05, 3.63) is 114 Å². The second kappa shape index (κ2) is 42.6. The van der Waals surface area contributed by atoms with E-state index in [4.69, 9.17) is 0 Å². The average Bonchev–Trinajstić information content (AvgIpc) is 1.62. The van der Waals surface area contributed by atoms with Crippen molar-refractivity contribution in [2.45, 2.75) is 361 Å². The van der Waals surface area contributed by atoms with Gasteiger partial charge in [0.25, 0.3) is 47.3 Å². The van der Waals surface area contributed by atoms with Gasteiger partial charge in [-0.05, 0) is 290 Å². The molecule has 8 aromatic heterocycles. The van der Waals surface area contributed by atoms with Gasteiger partial charge in [0.15, 0.2) is 20.0 Å². The summed E-state index contributed by atoms with van der Waals surface area (Å²) >= 11 is 4.85. The molecule has 0 aromatic carbocycles. The van der Waals surface area contributed by atoms with E-state index in [1.54, 1.807) is 80.2 Å². The summed E-state index contributed by atoms with van der Waals surface area (Å²) < 4.78 is 0. The molecule has 10 aliphatic rings. The van der Waals surface area contributed by atoms with Crippen LogP contribution in [0, 0.1) is 39.0 Å². The molecule has 8 saturated heterocycles. The fraction of sp³-hybridized carbons (Fsp3) is 0.612. The summed E-state index contributed by atoms with van der Waals surface area (Å²) in [5.74, 6) is 2.01. The van der Waals surface area contributed by atoms with Crippen LogP contribution in [-0.2, 0) is 0 Å². The van der Waals surface area contributed by atoms with Gasteiger partial charge in [-0.3, -0.25) is 38.4 Å². The van der Waals surface area contributed by atoms with E-state index in [2.05, 4.69) is 124 Å². The summed E-state index contributed by atoms with van der Waals surface area (Å²) in [4.78, 5) is 154. The van der Waals surface area contributed by atoms with Gasteiger partial charge in [0.1, 0.15) is 46.0 Å². The van der Waals surface area contributed by atoms with Crippen molar-refractivity contribution in [3.63, 3.8) is 0 Å². The Balaban J connectivity index is 0.000000140. The van der Waals surface area contributed by atoms with Crippen LogP contribution in [0.15, 0.2) is 49.1 Å². The van der Waals surface area contributed by atoms with E-state index >= 15 is 0 Å². The van der Waals surface area contributed by atoms with Crippen molar-refractivity contribution in [1.82, 2.24) is 80.7 Å². The summed E-state index contributed by atoms with van der Waals surface area (Å²) in [7, 11) is 0. The third kappa shape index (κ3) is 25.2. The number of hydrogen-bond donors (Lipinski definition) is 12. The van der Waals surface area contributed by atoms with Gasteiger partial charge in [0.05, 0.1) is 41.9 Å². The van der Waals surface area contributed by atoms with Crippen LogP contribution in [0.3, 0.4) is 0 Å². The van der Waals surface area contributed by atoms with E-state index in [9.17, 15) is 58.8 Å². The van der Waals surface area contributed by atoms with Gasteiger partial charge in [-0.15, -0.1) is 45.3 Å². The van der Waals surface area contributed by atoms with Crippen molar-refractivity contribution in [1.29, 1.82) is 0 Å². The van der Waals surface area contributed by atoms with Gasteiger partial charge in [0.2, 0.25) is 0 Å². The summed E-state index contributed by atoms with van der Waals surface area (Å²) in [6.45, 7) is 35.1. The molecule has 10 fully saturated rings. The lowest BCUT2D eigenvalue weighted by atomic mass is 9.97. The molecule has 2 saturated carbocycles. The number of nitrogens with zero attached hydrogens (tertiary/aromatic N) is 12. The second-order valence-electron chi connectivity index (χ2n) is 43.8. The van der Waals surface area contributed by atoms with Crippen LogP contribution in [0.4, 0.5) is 23.3 Å². The number of anilines is 4. The third-order valence-electron chi connectivity index (χ3n) is 28.2. The monoisotopic (exact) mass is 1980 g/mol. The number of amides is 8. The first-order valence-electron chi connectivity index (χ1n) is 50.0. The van der Waals surface area contributed by atoms with Gasteiger partial charge in [-0.1, -0.05) is 40.5 Å². The maximum atomic E-state index is 13.7. The molecule has 16 heterocycles. The smallest absolute Gasteiger partial charge is 0.280 e. The van der Waals surface area contributed by atoms with Crippen LogP contribution in [0.25, 0.3) is 41.8 Å². The number of aliphatic hydroxyl groups is 4. The minimum absolute atomic E-state index is 0.0876. The highest BCUT2D eigenvalue weighted by Crippen LogP contribution is 2.48. The predicted molar refractivity (Wildman–Crippen MR) is 547 cm³/mol. The zero-order chi connectivity index (χ0) is 99.8. The molecule has 8 aliphatic heterocycles. The quantitative estimate of drug-likeness (QED) is 0.0199. The Bertz CT molecular complexity index is 5600. The minimum Gasteiger partial charge on any atom is -0.389 e. The lowest BCUT2D eigenvalue weighted by Crippen LogP contribution is -2.38. The maximum absolute atomic E-state index is 13.7. The molecule has 12 N–H and O–H groups in total. The fourth-order valence-corrected chi connectivity index (χ4v) is 24.6. The zero-order valence-electron chi connectivity index (χ0n) is 83.9. The molecule has 8 amide bonds. The molecule has 750 valence electrons. The molecule has 8 aromatic rings. The van der Waals surface area contributed by atoms with Gasteiger partial charge < -0.3 is 82.6 Å². The lowest BCUT2D eigenvalue weighted by molar-refractivity contribution is 0.0691. The Labute approximate surface area is 832 Å². The van der Waals surface area contributed by atoms with E-state index in [1.807, 2.05) is 71.6 Å². The largest absolute Gasteiger partial charge is 0.389 e. The number of carbonyl (C=O) groups is 8. The van der Waals surface area contributed by atoms with E-state index in [-0.39, 0.29) is 135 Å². The Morgan fingerprint density at radius 3 is 0.863 bits per heavy atom. The van der Waals surface area contributed by atoms with Crippen molar-refractivity contribution in [2.24, 2.45) is 11.3 Å². The van der Waals surface area contributed by atoms with Crippen LogP contribution in [0.2, 0.25) is 0 Å².